The second-order valence-corrected chi connectivity index (χ2v) is 4.18. The Kier molecular flexibility index (Phi) is 2.59. The fraction of sp³-hybridized carbons (Fsp3) is 0.273. The Morgan fingerprint density at radius 3 is 2.86 bits per heavy atom. The molecule has 0 aliphatic carbocycles. The zero-order valence-corrected chi connectivity index (χ0v) is 9.27. The van der Waals surface area contributed by atoms with Gasteiger partial charge >= 0.3 is 0 Å². The fourth-order valence-electron chi connectivity index (χ4n) is 1.41. The van der Waals surface area contributed by atoms with Crippen LogP contribution in [0.4, 0.5) is 5.69 Å². The summed E-state index contributed by atoms with van der Waals surface area (Å²) in [4.78, 5) is 0. The molecule has 0 saturated carbocycles. The molecule has 0 spiro atoms. The number of hydrogen-bond donors (Lipinski definition) is 1. The van der Waals surface area contributed by atoms with E-state index in [2.05, 4.69) is 52.9 Å². The number of thiophene rings is 1. The summed E-state index contributed by atoms with van der Waals surface area (Å²) in [7, 11) is 2.07. The fourth-order valence-corrected chi connectivity index (χ4v) is 2.21. The monoisotopic (exact) mass is 206 g/mol. The van der Waals surface area contributed by atoms with Gasteiger partial charge in [0, 0.05) is 30.0 Å². The summed E-state index contributed by atoms with van der Waals surface area (Å²) >= 11 is 1.74. The normalized spacial score (nSPS) is 10.4. The quantitative estimate of drug-likeness (QED) is 0.817. The van der Waals surface area contributed by atoms with E-state index in [4.69, 9.17) is 0 Å². The largest absolute Gasteiger partial charge is 0.379 e. The van der Waals surface area contributed by atoms with Gasteiger partial charge in [-0.15, -0.1) is 11.3 Å². The lowest BCUT2D eigenvalue weighted by molar-refractivity contribution is 0.842. The SMILES string of the molecule is Cc1cscc1NCc1cccn1C. The summed E-state index contributed by atoms with van der Waals surface area (Å²) < 4.78 is 2.13. The molecule has 2 aromatic heterocycles. The van der Waals surface area contributed by atoms with Crippen molar-refractivity contribution in [3.8, 4) is 0 Å². The minimum Gasteiger partial charge on any atom is -0.379 e. The van der Waals surface area contributed by atoms with Crippen LogP contribution in [0.25, 0.3) is 0 Å². The van der Waals surface area contributed by atoms with Crippen LogP contribution in [0, 0.1) is 6.92 Å². The number of aromatic nitrogens is 1. The van der Waals surface area contributed by atoms with Crippen LogP contribution >= 0.6 is 11.3 Å². The van der Waals surface area contributed by atoms with Gasteiger partial charge in [-0.3, -0.25) is 0 Å². The number of anilines is 1. The van der Waals surface area contributed by atoms with Gasteiger partial charge in [-0.2, -0.15) is 0 Å². The highest BCUT2D eigenvalue weighted by Crippen LogP contribution is 2.19. The molecule has 3 heteroatoms. The highest BCUT2D eigenvalue weighted by Gasteiger charge is 2.00. The molecule has 2 nitrogen and oxygen atoms in total. The molecule has 0 unspecified atom stereocenters. The Hall–Kier alpha value is -1.22. The van der Waals surface area contributed by atoms with Gasteiger partial charge in [0.05, 0.1) is 6.54 Å². The van der Waals surface area contributed by atoms with Gasteiger partial charge in [0.1, 0.15) is 0 Å². The number of nitrogens with zero attached hydrogens (tertiary/aromatic N) is 1. The molecule has 2 rings (SSSR count). The Morgan fingerprint density at radius 1 is 1.43 bits per heavy atom. The van der Waals surface area contributed by atoms with E-state index >= 15 is 0 Å². The molecule has 1 N–H and O–H groups in total. The van der Waals surface area contributed by atoms with E-state index in [1.807, 2.05) is 0 Å². The van der Waals surface area contributed by atoms with Crippen molar-refractivity contribution < 1.29 is 0 Å². The average molecular weight is 206 g/mol. The van der Waals surface area contributed by atoms with Crippen LogP contribution < -0.4 is 5.32 Å². The smallest absolute Gasteiger partial charge is 0.0553 e. The van der Waals surface area contributed by atoms with E-state index in [1.165, 1.54) is 16.9 Å². The maximum Gasteiger partial charge on any atom is 0.0553 e. The Balaban J connectivity index is 2.02. The van der Waals surface area contributed by atoms with E-state index in [-0.39, 0.29) is 0 Å². The molecule has 14 heavy (non-hydrogen) atoms. The summed E-state index contributed by atoms with van der Waals surface area (Å²) in [5.41, 5.74) is 3.87. The Bertz CT molecular complexity index is 374. The molecule has 0 aliphatic heterocycles. The summed E-state index contributed by atoms with van der Waals surface area (Å²) in [5.74, 6) is 0. The molecule has 0 aliphatic rings. The molecule has 0 fully saturated rings. The third kappa shape index (κ3) is 1.82. The van der Waals surface area contributed by atoms with E-state index in [9.17, 15) is 0 Å². The first-order chi connectivity index (χ1) is 6.77. The average Bonchev–Trinajstić information content (AvgIpc) is 2.72. The maximum atomic E-state index is 3.43. The number of hydrogen-bond acceptors (Lipinski definition) is 2. The van der Waals surface area contributed by atoms with Gasteiger partial charge in [-0.1, -0.05) is 0 Å². The maximum absolute atomic E-state index is 3.43. The van der Waals surface area contributed by atoms with Crippen molar-refractivity contribution in [2.75, 3.05) is 5.32 Å². The van der Waals surface area contributed by atoms with Crippen molar-refractivity contribution in [3.05, 3.63) is 40.3 Å². The van der Waals surface area contributed by atoms with Crippen LogP contribution in [0.3, 0.4) is 0 Å². The molecular weight excluding hydrogens is 192 g/mol. The van der Waals surface area contributed by atoms with Crippen LogP contribution in [0.2, 0.25) is 0 Å². The van der Waals surface area contributed by atoms with E-state index in [0.29, 0.717) is 0 Å². The lowest BCUT2D eigenvalue weighted by atomic mass is 10.3. The second kappa shape index (κ2) is 3.88. The van der Waals surface area contributed by atoms with Gasteiger partial charge in [-0.25, -0.2) is 0 Å². The molecule has 0 atom stereocenters. The second-order valence-electron chi connectivity index (χ2n) is 3.43. The first-order valence-electron chi connectivity index (χ1n) is 4.64. The Morgan fingerprint density at radius 2 is 2.29 bits per heavy atom. The first kappa shape index (κ1) is 9.34. The van der Waals surface area contributed by atoms with Gasteiger partial charge in [-0.05, 0) is 30.0 Å². The zero-order chi connectivity index (χ0) is 9.97. The minimum atomic E-state index is 0.890. The van der Waals surface area contributed by atoms with Crippen LogP contribution in [0.1, 0.15) is 11.3 Å². The summed E-state index contributed by atoms with van der Waals surface area (Å²) in [6.07, 6.45) is 2.07. The molecule has 0 aromatic carbocycles. The van der Waals surface area contributed by atoms with Crippen LogP contribution in [0.5, 0.6) is 0 Å². The van der Waals surface area contributed by atoms with Crippen molar-refractivity contribution >= 4 is 17.0 Å². The third-order valence-corrected chi connectivity index (χ3v) is 3.23. The van der Waals surface area contributed by atoms with Crippen LogP contribution in [-0.4, -0.2) is 4.57 Å². The van der Waals surface area contributed by atoms with Gasteiger partial charge in [0.2, 0.25) is 0 Å². The summed E-state index contributed by atoms with van der Waals surface area (Å²) in [6, 6.07) is 4.20. The van der Waals surface area contributed by atoms with E-state index < -0.39 is 0 Å². The molecular formula is C11H14N2S. The van der Waals surface area contributed by atoms with E-state index in [1.54, 1.807) is 11.3 Å². The molecule has 2 heterocycles. The third-order valence-electron chi connectivity index (χ3n) is 2.37. The number of rotatable bonds is 3. The van der Waals surface area contributed by atoms with Crippen molar-refractivity contribution in [1.82, 2.24) is 4.57 Å². The van der Waals surface area contributed by atoms with Crippen LogP contribution in [-0.2, 0) is 13.6 Å². The van der Waals surface area contributed by atoms with Crippen molar-refractivity contribution in [3.63, 3.8) is 0 Å². The topological polar surface area (TPSA) is 17.0 Å². The van der Waals surface area contributed by atoms with Crippen LogP contribution in [0.15, 0.2) is 29.1 Å². The predicted octanol–water partition coefficient (Wildman–Crippen LogP) is 3.01. The molecule has 2 aromatic rings. The number of nitrogens with one attached hydrogen (secondary N) is 1. The van der Waals surface area contributed by atoms with E-state index in [0.717, 1.165) is 6.54 Å². The predicted molar refractivity (Wildman–Crippen MR) is 61.8 cm³/mol. The molecule has 0 amide bonds. The van der Waals surface area contributed by atoms with Crippen molar-refractivity contribution in [2.24, 2.45) is 7.05 Å². The summed E-state index contributed by atoms with van der Waals surface area (Å²) in [5, 5.41) is 7.74. The minimum absolute atomic E-state index is 0.890. The number of aryl methyl sites for hydroxylation is 2. The molecule has 0 bridgehead atoms. The summed E-state index contributed by atoms with van der Waals surface area (Å²) in [6.45, 7) is 3.02. The molecule has 0 radical (unpaired) electrons. The van der Waals surface area contributed by atoms with Crippen molar-refractivity contribution in [1.29, 1.82) is 0 Å². The standard InChI is InChI=1S/C11H14N2S/c1-9-7-14-8-11(9)12-6-10-4-3-5-13(10)2/h3-5,7-8,12H,6H2,1-2H3. The molecule has 74 valence electrons. The van der Waals surface area contributed by atoms with Crippen molar-refractivity contribution in [2.45, 2.75) is 13.5 Å². The first-order valence-corrected chi connectivity index (χ1v) is 5.58. The highest BCUT2D eigenvalue weighted by atomic mass is 32.1. The Labute approximate surface area is 88.2 Å². The highest BCUT2D eigenvalue weighted by molar-refractivity contribution is 7.08. The van der Waals surface area contributed by atoms with Gasteiger partial charge in [0.25, 0.3) is 0 Å². The van der Waals surface area contributed by atoms with Gasteiger partial charge < -0.3 is 9.88 Å². The molecule has 0 saturated heterocycles. The zero-order valence-electron chi connectivity index (χ0n) is 8.45. The lowest BCUT2D eigenvalue weighted by Crippen LogP contribution is -2.03. The van der Waals surface area contributed by atoms with Gasteiger partial charge in [0.15, 0.2) is 0 Å². The lowest BCUT2D eigenvalue weighted by Gasteiger charge is -2.06.